The number of rotatable bonds is 9. The Balaban J connectivity index is 1.47. The summed E-state index contributed by atoms with van der Waals surface area (Å²) in [6.45, 7) is 4.15. The van der Waals surface area contributed by atoms with Crippen molar-refractivity contribution in [2.24, 2.45) is 0 Å². The van der Waals surface area contributed by atoms with Gasteiger partial charge in [-0.25, -0.2) is 0 Å². The molecule has 22 heavy (non-hydrogen) atoms. The molecule has 1 aromatic rings. The van der Waals surface area contributed by atoms with Gasteiger partial charge in [0.05, 0.1) is 13.2 Å². The number of ether oxygens (including phenoxy) is 3. The fourth-order valence-electron chi connectivity index (χ4n) is 2.45. The van der Waals surface area contributed by atoms with Gasteiger partial charge in [-0.05, 0) is 73.0 Å². The van der Waals surface area contributed by atoms with Crippen molar-refractivity contribution in [3.05, 3.63) is 40.0 Å². The van der Waals surface area contributed by atoms with Crippen LogP contribution in [-0.4, -0.2) is 25.6 Å². The first kappa shape index (κ1) is 17.8. The largest absolute Gasteiger partial charge is 0.490 e. The fourth-order valence-corrected chi connectivity index (χ4v) is 2.81. The predicted molar refractivity (Wildman–Crippen MR) is 97.2 cm³/mol. The highest BCUT2D eigenvalue weighted by molar-refractivity contribution is 14.1. The van der Waals surface area contributed by atoms with Crippen LogP contribution >= 0.6 is 22.6 Å². The van der Waals surface area contributed by atoms with Crippen LogP contribution in [0.25, 0.3) is 0 Å². The van der Waals surface area contributed by atoms with Crippen LogP contribution in [-0.2, 0) is 9.47 Å². The van der Waals surface area contributed by atoms with E-state index in [4.69, 9.17) is 14.2 Å². The van der Waals surface area contributed by atoms with Crippen molar-refractivity contribution in [3.63, 3.8) is 0 Å². The number of unbranched alkanes of at least 4 members (excludes halogenated alkanes) is 3. The first-order valence-corrected chi connectivity index (χ1v) is 9.07. The van der Waals surface area contributed by atoms with Gasteiger partial charge in [-0.1, -0.05) is 18.6 Å². The lowest BCUT2D eigenvalue weighted by molar-refractivity contribution is -0.147. The quantitative estimate of drug-likeness (QED) is 0.324. The molecule has 0 unspecified atom stereocenters. The number of hydrogen-bond acceptors (Lipinski definition) is 3. The van der Waals surface area contributed by atoms with Crippen LogP contribution in [0.5, 0.6) is 5.75 Å². The molecule has 0 aromatic heterocycles. The highest BCUT2D eigenvalue weighted by Gasteiger charge is 2.29. The number of halogens is 1. The van der Waals surface area contributed by atoms with E-state index in [1.54, 1.807) is 0 Å². The zero-order chi connectivity index (χ0) is 15.7. The number of allylic oxidation sites excluding steroid dienone is 1. The maximum Gasteiger partial charge on any atom is 0.165 e. The molecule has 2 rings (SSSR count). The number of hydrogen-bond donors (Lipinski definition) is 0. The lowest BCUT2D eigenvalue weighted by atomic mass is 10.1. The Morgan fingerprint density at radius 2 is 1.82 bits per heavy atom. The number of benzene rings is 1. The molecule has 0 spiro atoms. The van der Waals surface area contributed by atoms with Gasteiger partial charge in [0.2, 0.25) is 0 Å². The summed E-state index contributed by atoms with van der Waals surface area (Å²) in [7, 11) is 0. The second-order valence-electron chi connectivity index (χ2n) is 5.67. The molecule has 4 heteroatoms. The van der Waals surface area contributed by atoms with E-state index in [-0.39, 0.29) is 5.79 Å². The van der Waals surface area contributed by atoms with Gasteiger partial charge < -0.3 is 14.2 Å². The van der Waals surface area contributed by atoms with Crippen molar-refractivity contribution in [1.82, 2.24) is 0 Å². The first-order valence-electron chi connectivity index (χ1n) is 7.99. The van der Waals surface area contributed by atoms with E-state index in [1.165, 1.54) is 16.4 Å². The summed E-state index contributed by atoms with van der Waals surface area (Å²) in [5, 5.41) is 0. The van der Waals surface area contributed by atoms with Crippen LogP contribution in [0, 0.1) is 3.57 Å². The van der Waals surface area contributed by atoms with Gasteiger partial charge in [0.15, 0.2) is 5.79 Å². The molecule has 1 aliphatic rings. The third-order valence-corrected chi connectivity index (χ3v) is 4.45. The standard InChI is InChI=1S/C18H25IO3/c1-18(21-14-15-22-18)12-6-4-2-3-5-7-13-20-17-10-8-16(19)9-11-17/h5,7-11H,2-4,6,12-15H2,1H3/b7-5+. The predicted octanol–water partition coefficient (Wildman–Crippen LogP) is 4.94. The zero-order valence-corrected chi connectivity index (χ0v) is 15.4. The van der Waals surface area contributed by atoms with Crippen molar-refractivity contribution in [2.45, 2.75) is 44.8 Å². The van der Waals surface area contributed by atoms with Crippen molar-refractivity contribution < 1.29 is 14.2 Å². The highest BCUT2D eigenvalue weighted by Crippen LogP contribution is 2.25. The van der Waals surface area contributed by atoms with Gasteiger partial charge in [-0.3, -0.25) is 0 Å². The normalized spacial score (nSPS) is 17.2. The molecule has 122 valence electrons. The Kier molecular flexibility index (Phi) is 7.69. The van der Waals surface area contributed by atoms with Gasteiger partial charge in [0, 0.05) is 9.99 Å². The van der Waals surface area contributed by atoms with Gasteiger partial charge in [0.1, 0.15) is 12.4 Å². The van der Waals surface area contributed by atoms with E-state index in [1.807, 2.05) is 19.1 Å². The molecule has 0 saturated carbocycles. The summed E-state index contributed by atoms with van der Waals surface area (Å²) in [5.41, 5.74) is 0. The Labute approximate surface area is 147 Å². The van der Waals surface area contributed by atoms with Crippen molar-refractivity contribution >= 4 is 22.6 Å². The van der Waals surface area contributed by atoms with E-state index in [2.05, 4.69) is 46.9 Å². The Morgan fingerprint density at radius 3 is 2.55 bits per heavy atom. The lowest BCUT2D eigenvalue weighted by Gasteiger charge is -2.21. The van der Waals surface area contributed by atoms with E-state index in [9.17, 15) is 0 Å². The summed E-state index contributed by atoms with van der Waals surface area (Å²) < 4.78 is 18.1. The Morgan fingerprint density at radius 1 is 1.09 bits per heavy atom. The van der Waals surface area contributed by atoms with Crippen LogP contribution in [0.2, 0.25) is 0 Å². The molecule has 1 aliphatic heterocycles. The van der Waals surface area contributed by atoms with Gasteiger partial charge in [-0.15, -0.1) is 0 Å². The summed E-state index contributed by atoms with van der Waals surface area (Å²) >= 11 is 2.29. The van der Waals surface area contributed by atoms with Crippen molar-refractivity contribution in [2.75, 3.05) is 19.8 Å². The molecule has 1 saturated heterocycles. The molecule has 1 fully saturated rings. The third kappa shape index (κ3) is 6.67. The molecular weight excluding hydrogens is 391 g/mol. The van der Waals surface area contributed by atoms with E-state index < -0.39 is 0 Å². The van der Waals surface area contributed by atoms with E-state index in [0.29, 0.717) is 6.61 Å². The van der Waals surface area contributed by atoms with Gasteiger partial charge in [0.25, 0.3) is 0 Å². The topological polar surface area (TPSA) is 27.7 Å². The lowest BCUT2D eigenvalue weighted by Crippen LogP contribution is -2.24. The minimum absolute atomic E-state index is 0.322. The fraction of sp³-hybridized carbons (Fsp3) is 0.556. The minimum Gasteiger partial charge on any atom is -0.490 e. The molecule has 0 bridgehead atoms. The molecule has 0 aliphatic carbocycles. The maximum atomic E-state index is 5.65. The molecule has 1 heterocycles. The second-order valence-corrected chi connectivity index (χ2v) is 6.91. The van der Waals surface area contributed by atoms with Crippen LogP contribution in [0.3, 0.4) is 0 Å². The molecule has 0 N–H and O–H groups in total. The Hall–Kier alpha value is -0.590. The summed E-state index contributed by atoms with van der Waals surface area (Å²) in [5.74, 6) is 0.604. The first-order chi connectivity index (χ1) is 10.7. The van der Waals surface area contributed by atoms with Gasteiger partial charge in [-0.2, -0.15) is 0 Å². The molecule has 0 radical (unpaired) electrons. The SMILES string of the molecule is CC1(CCCCC/C=C/COc2ccc(I)cc2)OCCO1. The average molecular weight is 416 g/mol. The monoisotopic (exact) mass is 416 g/mol. The smallest absolute Gasteiger partial charge is 0.165 e. The zero-order valence-electron chi connectivity index (χ0n) is 13.2. The van der Waals surface area contributed by atoms with Crippen LogP contribution < -0.4 is 4.74 Å². The molecule has 0 atom stereocenters. The third-order valence-electron chi connectivity index (χ3n) is 3.73. The summed E-state index contributed by atoms with van der Waals surface area (Å²) in [6.07, 6.45) is 9.98. The van der Waals surface area contributed by atoms with E-state index in [0.717, 1.165) is 38.2 Å². The van der Waals surface area contributed by atoms with Crippen molar-refractivity contribution in [3.8, 4) is 5.75 Å². The maximum absolute atomic E-state index is 5.65. The van der Waals surface area contributed by atoms with Crippen LogP contribution in [0.4, 0.5) is 0 Å². The van der Waals surface area contributed by atoms with E-state index >= 15 is 0 Å². The summed E-state index contributed by atoms with van der Waals surface area (Å²) in [4.78, 5) is 0. The molecule has 0 amide bonds. The molecular formula is C18H25IO3. The van der Waals surface area contributed by atoms with Crippen LogP contribution in [0.15, 0.2) is 36.4 Å². The second kappa shape index (κ2) is 9.53. The average Bonchev–Trinajstić information content (AvgIpc) is 2.94. The van der Waals surface area contributed by atoms with Crippen molar-refractivity contribution in [1.29, 1.82) is 0 Å². The minimum atomic E-state index is -0.322. The van der Waals surface area contributed by atoms with Gasteiger partial charge >= 0.3 is 0 Å². The Bertz CT molecular complexity index is 450. The molecule has 1 aromatic carbocycles. The van der Waals surface area contributed by atoms with Crippen LogP contribution in [0.1, 0.15) is 39.0 Å². The molecule has 3 nitrogen and oxygen atoms in total. The summed E-state index contributed by atoms with van der Waals surface area (Å²) in [6, 6.07) is 8.11. The highest BCUT2D eigenvalue weighted by atomic mass is 127.